The summed E-state index contributed by atoms with van der Waals surface area (Å²) in [4.78, 5) is 36.9. The van der Waals surface area contributed by atoms with Crippen LogP contribution in [0.2, 0.25) is 5.02 Å². The lowest BCUT2D eigenvalue weighted by atomic mass is 9.98. The topological polar surface area (TPSA) is 102 Å². The number of likely N-dealkylation sites (N-methyl/N-ethyl adjacent to an activating group) is 1. The van der Waals surface area contributed by atoms with Gasteiger partial charge in [0.15, 0.2) is 0 Å². The highest BCUT2D eigenvalue weighted by Gasteiger charge is 2.34. The molecule has 1 aliphatic heterocycles. The molecule has 9 nitrogen and oxygen atoms in total. The number of carbonyl (C=O) groups excluding carboxylic acids is 2. The summed E-state index contributed by atoms with van der Waals surface area (Å²) in [6.07, 6.45) is 2.21. The molecule has 0 spiro atoms. The number of aromatic nitrogens is 1. The largest absolute Gasteiger partial charge is 0.478 e. The van der Waals surface area contributed by atoms with Crippen LogP contribution in [0.4, 0.5) is 10.1 Å². The number of anilines is 1. The molecule has 226 valence electrons. The Morgan fingerprint density at radius 2 is 1.98 bits per heavy atom. The minimum atomic E-state index is -0.665. The summed E-state index contributed by atoms with van der Waals surface area (Å²) in [5.41, 5.74) is 1.55. The number of nitriles is 1. The number of carbonyl (C=O) groups is 2. The van der Waals surface area contributed by atoms with Gasteiger partial charge in [-0.25, -0.2) is 9.37 Å². The predicted octanol–water partition coefficient (Wildman–Crippen LogP) is 4.84. The average molecular weight is 607 g/mol. The van der Waals surface area contributed by atoms with Gasteiger partial charge in [0.05, 0.1) is 29.0 Å². The molecule has 0 unspecified atom stereocenters. The normalized spacial score (nSPS) is 14.9. The number of rotatable bonds is 10. The van der Waals surface area contributed by atoms with Crippen LogP contribution in [-0.2, 0) is 0 Å². The number of amides is 2. The van der Waals surface area contributed by atoms with Gasteiger partial charge in [0.1, 0.15) is 11.9 Å². The summed E-state index contributed by atoms with van der Waals surface area (Å²) >= 11 is 6.03. The van der Waals surface area contributed by atoms with Crippen LogP contribution in [0.15, 0.2) is 48.7 Å². The standard InChI is InChI=1S/C32H36ClFN6O3/c1-5-23-20-39(32(42)24-10-9-22(33)18-21(24)19-35)16-17-40(23)27-12-11-25(26-8-7-13-37-31(26)43-6-2)29(34)28(27)30(41)36-14-15-38(3)4/h7-13,18,23H,5-6,14-17,20H2,1-4H3,(H,36,41)/t23-/m1/s1. The van der Waals surface area contributed by atoms with Gasteiger partial charge < -0.3 is 24.8 Å². The summed E-state index contributed by atoms with van der Waals surface area (Å²) in [5.74, 6) is -1.17. The van der Waals surface area contributed by atoms with E-state index in [1.54, 1.807) is 47.5 Å². The molecule has 0 bridgehead atoms. The third kappa shape index (κ3) is 7.07. The molecule has 1 atom stereocenters. The second kappa shape index (κ2) is 14.3. The molecule has 0 aliphatic carbocycles. The lowest BCUT2D eigenvalue weighted by Gasteiger charge is -2.43. The van der Waals surface area contributed by atoms with Crippen molar-refractivity contribution in [2.24, 2.45) is 0 Å². The van der Waals surface area contributed by atoms with E-state index in [0.717, 1.165) is 0 Å². The minimum absolute atomic E-state index is 0.0646. The number of halogens is 2. The van der Waals surface area contributed by atoms with Crippen LogP contribution in [0, 0.1) is 17.1 Å². The van der Waals surface area contributed by atoms with Crippen molar-refractivity contribution in [2.45, 2.75) is 26.3 Å². The number of pyridine rings is 1. The van der Waals surface area contributed by atoms with Crippen molar-refractivity contribution in [2.75, 3.05) is 58.3 Å². The van der Waals surface area contributed by atoms with Gasteiger partial charge >= 0.3 is 0 Å². The van der Waals surface area contributed by atoms with Gasteiger partial charge in [0.25, 0.3) is 11.8 Å². The number of hydrogen-bond donors (Lipinski definition) is 1. The van der Waals surface area contributed by atoms with E-state index in [2.05, 4.69) is 16.4 Å². The van der Waals surface area contributed by atoms with Crippen molar-refractivity contribution in [1.82, 2.24) is 20.1 Å². The van der Waals surface area contributed by atoms with Crippen LogP contribution in [0.25, 0.3) is 11.1 Å². The Morgan fingerprint density at radius 1 is 1.19 bits per heavy atom. The van der Waals surface area contributed by atoms with Gasteiger partial charge in [0.2, 0.25) is 5.88 Å². The van der Waals surface area contributed by atoms with Crippen molar-refractivity contribution in [3.8, 4) is 23.1 Å². The SMILES string of the molecule is CCOc1ncccc1-c1ccc(N2CCN(C(=O)c3ccc(Cl)cc3C#N)C[C@H]2CC)c(C(=O)NCCN(C)C)c1F. The first-order chi connectivity index (χ1) is 20.7. The molecule has 4 rings (SSSR count). The summed E-state index contributed by atoms with van der Waals surface area (Å²) in [5, 5.41) is 12.8. The Kier molecular flexibility index (Phi) is 10.6. The Hall–Kier alpha value is -4.20. The zero-order valence-electron chi connectivity index (χ0n) is 24.9. The molecule has 0 saturated carbocycles. The first-order valence-electron chi connectivity index (χ1n) is 14.3. The molecule has 2 amide bonds. The summed E-state index contributed by atoms with van der Waals surface area (Å²) in [7, 11) is 3.79. The van der Waals surface area contributed by atoms with Crippen LogP contribution in [-0.4, -0.2) is 86.1 Å². The Labute approximate surface area is 256 Å². The lowest BCUT2D eigenvalue weighted by molar-refractivity contribution is 0.0719. The molecule has 2 heterocycles. The zero-order valence-corrected chi connectivity index (χ0v) is 25.6. The van der Waals surface area contributed by atoms with Crippen LogP contribution >= 0.6 is 11.6 Å². The molecule has 2 aromatic carbocycles. The van der Waals surface area contributed by atoms with Crippen LogP contribution < -0.4 is 15.0 Å². The van der Waals surface area contributed by atoms with E-state index in [9.17, 15) is 14.9 Å². The lowest BCUT2D eigenvalue weighted by Crippen LogP contribution is -2.55. The fourth-order valence-corrected chi connectivity index (χ4v) is 5.40. The van der Waals surface area contributed by atoms with Gasteiger partial charge in [-0.2, -0.15) is 5.26 Å². The van der Waals surface area contributed by atoms with Crippen molar-refractivity contribution < 1.29 is 18.7 Å². The molecule has 11 heteroatoms. The minimum Gasteiger partial charge on any atom is -0.478 e. The number of nitrogens with one attached hydrogen (secondary N) is 1. The molecule has 1 aliphatic rings. The first kappa shape index (κ1) is 31.7. The van der Waals surface area contributed by atoms with Crippen LogP contribution in [0.1, 0.15) is 46.5 Å². The van der Waals surface area contributed by atoms with E-state index < -0.39 is 11.7 Å². The van der Waals surface area contributed by atoms with Gasteiger partial charge in [0, 0.05) is 61.1 Å². The molecular formula is C32H36ClFN6O3. The molecule has 0 radical (unpaired) electrons. The summed E-state index contributed by atoms with van der Waals surface area (Å²) < 4.78 is 22.2. The first-order valence-corrected chi connectivity index (χ1v) is 14.7. The van der Waals surface area contributed by atoms with Crippen LogP contribution in [0.3, 0.4) is 0 Å². The second-order valence-corrected chi connectivity index (χ2v) is 10.9. The van der Waals surface area contributed by atoms with E-state index in [4.69, 9.17) is 16.3 Å². The Bertz CT molecular complexity index is 1530. The number of piperazine rings is 1. The Morgan fingerprint density at radius 3 is 2.67 bits per heavy atom. The monoisotopic (exact) mass is 606 g/mol. The fourth-order valence-electron chi connectivity index (χ4n) is 5.23. The van der Waals surface area contributed by atoms with Gasteiger partial charge in [-0.1, -0.05) is 18.5 Å². The van der Waals surface area contributed by atoms with E-state index in [0.29, 0.717) is 62.0 Å². The molecule has 1 N–H and O–H groups in total. The van der Waals surface area contributed by atoms with Crippen molar-refractivity contribution in [1.29, 1.82) is 5.26 Å². The quantitative estimate of drug-likeness (QED) is 0.352. The second-order valence-electron chi connectivity index (χ2n) is 10.5. The third-order valence-corrected chi connectivity index (χ3v) is 7.65. The number of benzene rings is 2. The Balaban J connectivity index is 1.71. The number of nitrogens with zero attached hydrogens (tertiary/aromatic N) is 5. The maximum atomic E-state index is 16.5. The van der Waals surface area contributed by atoms with Crippen molar-refractivity contribution in [3.63, 3.8) is 0 Å². The number of hydrogen-bond acceptors (Lipinski definition) is 7. The van der Waals surface area contributed by atoms with Gasteiger partial charge in [-0.05, 0) is 69.9 Å². The van der Waals surface area contributed by atoms with E-state index >= 15 is 4.39 Å². The molecule has 1 aromatic heterocycles. The maximum absolute atomic E-state index is 16.5. The highest BCUT2D eigenvalue weighted by molar-refractivity contribution is 6.30. The third-order valence-electron chi connectivity index (χ3n) is 7.42. The predicted molar refractivity (Wildman–Crippen MR) is 165 cm³/mol. The van der Waals surface area contributed by atoms with Gasteiger partial charge in [-0.3, -0.25) is 9.59 Å². The van der Waals surface area contributed by atoms with E-state index in [1.807, 2.05) is 37.7 Å². The van der Waals surface area contributed by atoms with Crippen LogP contribution in [0.5, 0.6) is 5.88 Å². The average Bonchev–Trinajstić information content (AvgIpc) is 3.00. The highest BCUT2D eigenvalue weighted by atomic mass is 35.5. The maximum Gasteiger partial charge on any atom is 0.256 e. The molecule has 1 saturated heterocycles. The van der Waals surface area contributed by atoms with Gasteiger partial charge in [-0.15, -0.1) is 0 Å². The van der Waals surface area contributed by atoms with E-state index in [1.165, 1.54) is 6.07 Å². The fraction of sp³-hybridized carbons (Fsp3) is 0.375. The summed E-state index contributed by atoms with van der Waals surface area (Å²) in [6, 6.07) is 13.3. The molecule has 1 fully saturated rings. The smallest absolute Gasteiger partial charge is 0.256 e. The molecule has 3 aromatic rings. The highest BCUT2D eigenvalue weighted by Crippen LogP contribution is 2.37. The molecule has 43 heavy (non-hydrogen) atoms. The number of ether oxygens (including phenoxy) is 1. The summed E-state index contributed by atoms with van der Waals surface area (Å²) in [6.45, 7) is 6.13. The molecular weight excluding hydrogens is 571 g/mol. The van der Waals surface area contributed by atoms with Crippen molar-refractivity contribution in [3.05, 3.63) is 76.2 Å². The zero-order chi connectivity index (χ0) is 31.1. The van der Waals surface area contributed by atoms with Crippen molar-refractivity contribution >= 4 is 29.1 Å². The van der Waals surface area contributed by atoms with E-state index in [-0.39, 0.29) is 40.1 Å².